The van der Waals surface area contributed by atoms with Gasteiger partial charge in [0.2, 0.25) is 0 Å². The van der Waals surface area contributed by atoms with Crippen molar-refractivity contribution >= 4 is 43.9 Å². The molecule has 2 heterocycles. The number of carbonyl (C=O) groups is 2. The molecule has 0 fully saturated rings. The van der Waals surface area contributed by atoms with E-state index in [2.05, 4.69) is 5.32 Å². The Morgan fingerprint density at radius 1 is 1.45 bits per heavy atom. The van der Waals surface area contributed by atoms with Gasteiger partial charge in [-0.05, 0) is 30.4 Å². The summed E-state index contributed by atoms with van der Waals surface area (Å²) >= 11 is 2.94. The zero-order chi connectivity index (χ0) is 14.5. The molecule has 0 saturated carbocycles. The quantitative estimate of drug-likeness (QED) is 0.770. The van der Waals surface area contributed by atoms with E-state index in [-0.39, 0.29) is 5.91 Å². The van der Waals surface area contributed by atoms with Crippen LogP contribution in [0.15, 0.2) is 17.5 Å². The largest absolute Gasteiger partial charge is 0.480 e. The molecule has 2 rings (SSSR count). The normalized spacial score (nSPS) is 12.4. The van der Waals surface area contributed by atoms with Gasteiger partial charge in [-0.25, -0.2) is 4.79 Å². The van der Waals surface area contributed by atoms with E-state index in [1.54, 1.807) is 24.5 Å². The van der Waals surface area contributed by atoms with E-state index in [1.165, 1.54) is 11.3 Å². The van der Waals surface area contributed by atoms with Gasteiger partial charge in [-0.2, -0.15) is 0 Å². The average molecular weight is 313 g/mol. The molecule has 2 aromatic rings. The molecule has 0 aliphatic heterocycles. The van der Waals surface area contributed by atoms with Crippen molar-refractivity contribution in [3.8, 4) is 0 Å². The summed E-state index contributed by atoms with van der Waals surface area (Å²) in [7, 11) is 1.56. The van der Waals surface area contributed by atoms with Gasteiger partial charge in [-0.15, -0.1) is 22.7 Å². The Balaban J connectivity index is 2.00. The highest BCUT2D eigenvalue weighted by Gasteiger charge is 2.21. The molecule has 0 aromatic carbocycles. The number of methoxy groups -OCH3 is 1. The molecule has 7 heteroatoms. The van der Waals surface area contributed by atoms with Crippen LogP contribution in [0.4, 0.5) is 0 Å². The molecule has 0 radical (unpaired) electrons. The molecular weight excluding hydrogens is 298 g/mol. The molecule has 5 nitrogen and oxygen atoms in total. The summed E-state index contributed by atoms with van der Waals surface area (Å²) in [6.07, 6.45) is 0.946. The maximum atomic E-state index is 12.1. The Morgan fingerprint density at radius 2 is 2.25 bits per heavy atom. The maximum Gasteiger partial charge on any atom is 0.326 e. The summed E-state index contributed by atoms with van der Waals surface area (Å²) in [5.74, 6) is -1.35. The Bertz CT molecular complexity index is 576. The fraction of sp³-hybridized carbons (Fsp3) is 0.385. The van der Waals surface area contributed by atoms with Gasteiger partial charge in [-0.1, -0.05) is 0 Å². The van der Waals surface area contributed by atoms with Crippen LogP contribution in [0.1, 0.15) is 22.5 Å². The first kappa shape index (κ1) is 15.0. The molecule has 2 aromatic heterocycles. The number of ether oxygens (including phenoxy) is 1. The topological polar surface area (TPSA) is 75.6 Å². The van der Waals surface area contributed by atoms with Gasteiger partial charge in [0.05, 0.1) is 4.88 Å². The fourth-order valence-electron chi connectivity index (χ4n) is 1.80. The number of fused-ring (bicyclic) bond motifs is 1. The van der Waals surface area contributed by atoms with Gasteiger partial charge in [-0.3, -0.25) is 4.79 Å². The summed E-state index contributed by atoms with van der Waals surface area (Å²) in [6.45, 7) is 0.481. The SMILES string of the molecule is COCCCC(NC(=O)c1cc2sccc2s1)C(=O)O. The lowest BCUT2D eigenvalue weighted by molar-refractivity contribution is -0.139. The van der Waals surface area contributed by atoms with Crippen LogP contribution >= 0.6 is 22.7 Å². The highest BCUT2D eigenvalue weighted by atomic mass is 32.1. The molecule has 2 N–H and O–H groups in total. The van der Waals surface area contributed by atoms with Crippen LogP contribution in [0.2, 0.25) is 0 Å². The van der Waals surface area contributed by atoms with Crippen LogP contribution in [0.25, 0.3) is 9.40 Å². The van der Waals surface area contributed by atoms with Crippen molar-refractivity contribution in [3.05, 3.63) is 22.4 Å². The summed E-state index contributed by atoms with van der Waals surface area (Å²) in [6, 6.07) is 2.88. The minimum absolute atomic E-state index is 0.330. The molecule has 1 unspecified atom stereocenters. The van der Waals surface area contributed by atoms with E-state index in [4.69, 9.17) is 9.84 Å². The number of nitrogens with one attached hydrogen (secondary N) is 1. The number of hydrogen-bond acceptors (Lipinski definition) is 5. The Morgan fingerprint density at radius 3 is 2.90 bits per heavy atom. The second-order valence-electron chi connectivity index (χ2n) is 4.26. The number of hydrogen-bond donors (Lipinski definition) is 2. The van der Waals surface area contributed by atoms with Gasteiger partial charge in [0.1, 0.15) is 6.04 Å². The third-order valence-electron chi connectivity index (χ3n) is 2.81. The molecule has 0 spiro atoms. The zero-order valence-electron chi connectivity index (χ0n) is 10.9. The number of amides is 1. The Kier molecular flexibility index (Phi) is 5.11. The van der Waals surface area contributed by atoms with Gasteiger partial charge in [0, 0.05) is 23.1 Å². The van der Waals surface area contributed by atoms with E-state index in [9.17, 15) is 9.59 Å². The number of rotatable bonds is 7. The van der Waals surface area contributed by atoms with Crippen molar-refractivity contribution < 1.29 is 19.4 Å². The predicted octanol–water partition coefficient (Wildman–Crippen LogP) is 2.57. The van der Waals surface area contributed by atoms with Crippen molar-refractivity contribution in [2.45, 2.75) is 18.9 Å². The number of carbonyl (C=O) groups excluding carboxylic acids is 1. The Hall–Kier alpha value is -1.44. The standard InChI is InChI=1S/C13H15NO4S2/c1-18-5-2-3-8(13(16)17)14-12(15)11-7-10-9(20-11)4-6-19-10/h4,6-8H,2-3,5H2,1H3,(H,14,15)(H,16,17). The highest BCUT2D eigenvalue weighted by Crippen LogP contribution is 2.29. The molecule has 108 valence electrons. The first-order valence-electron chi connectivity index (χ1n) is 6.11. The van der Waals surface area contributed by atoms with E-state index < -0.39 is 12.0 Å². The van der Waals surface area contributed by atoms with Crippen LogP contribution in [0, 0.1) is 0 Å². The molecule has 0 saturated heterocycles. The molecule has 0 bridgehead atoms. The van der Waals surface area contributed by atoms with Crippen molar-refractivity contribution in [3.63, 3.8) is 0 Å². The van der Waals surface area contributed by atoms with Gasteiger partial charge in [0.25, 0.3) is 5.91 Å². The van der Waals surface area contributed by atoms with Crippen LogP contribution in [0.5, 0.6) is 0 Å². The number of carboxylic acid groups (broad SMARTS) is 1. The van der Waals surface area contributed by atoms with Crippen molar-refractivity contribution in [1.29, 1.82) is 0 Å². The lowest BCUT2D eigenvalue weighted by Gasteiger charge is -2.13. The molecular formula is C13H15NO4S2. The van der Waals surface area contributed by atoms with E-state index in [0.29, 0.717) is 24.3 Å². The summed E-state index contributed by atoms with van der Waals surface area (Å²) < 4.78 is 6.98. The second-order valence-corrected chi connectivity index (χ2v) is 6.29. The Labute approximate surface area is 124 Å². The highest BCUT2D eigenvalue weighted by molar-refractivity contribution is 7.27. The van der Waals surface area contributed by atoms with E-state index in [1.807, 2.05) is 11.4 Å². The van der Waals surface area contributed by atoms with Crippen LogP contribution in [0.3, 0.4) is 0 Å². The fourth-order valence-corrected chi connectivity index (χ4v) is 3.81. The molecule has 0 aliphatic rings. The monoisotopic (exact) mass is 313 g/mol. The average Bonchev–Trinajstić information content (AvgIpc) is 2.98. The first-order valence-corrected chi connectivity index (χ1v) is 7.81. The first-order chi connectivity index (χ1) is 9.61. The predicted molar refractivity (Wildman–Crippen MR) is 79.7 cm³/mol. The number of carboxylic acids is 1. The minimum atomic E-state index is -1.02. The number of thiophene rings is 2. The van der Waals surface area contributed by atoms with Crippen molar-refractivity contribution in [2.75, 3.05) is 13.7 Å². The number of aliphatic carboxylic acids is 1. The summed E-state index contributed by atoms with van der Waals surface area (Å²) in [5, 5.41) is 13.6. The van der Waals surface area contributed by atoms with E-state index in [0.717, 1.165) is 9.40 Å². The zero-order valence-corrected chi connectivity index (χ0v) is 12.6. The third-order valence-corrected chi connectivity index (χ3v) is 4.90. The molecule has 1 atom stereocenters. The molecule has 0 aliphatic carbocycles. The van der Waals surface area contributed by atoms with Gasteiger partial charge >= 0.3 is 5.97 Å². The smallest absolute Gasteiger partial charge is 0.326 e. The lowest BCUT2D eigenvalue weighted by Crippen LogP contribution is -2.40. The summed E-state index contributed by atoms with van der Waals surface area (Å²) in [4.78, 5) is 23.7. The summed E-state index contributed by atoms with van der Waals surface area (Å²) in [5.41, 5.74) is 0. The maximum absolute atomic E-state index is 12.1. The van der Waals surface area contributed by atoms with Crippen LogP contribution < -0.4 is 5.32 Å². The van der Waals surface area contributed by atoms with Crippen molar-refractivity contribution in [1.82, 2.24) is 5.32 Å². The molecule has 1 amide bonds. The third kappa shape index (κ3) is 3.56. The van der Waals surface area contributed by atoms with Crippen molar-refractivity contribution in [2.24, 2.45) is 0 Å². The minimum Gasteiger partial charge on any atom is -0.480 e. The lowest BCUT2D eigenvalue weighted by atomic mass is 10.1. The molecule has 20 heavy (non-hydrogen) atoms. The van der Waals surface area contributed by atoms with Crippen LogP contribution in [-0.4, -0.2) is 36.7 Å². The van der Waals surface area contributed by atoms with Crippen LogP contribution in [-0.2, 0) is 9.53 Å². The van der Waals surface area contributed by atoms with Gasteiger partial charge in [0.15, 0.2) is 0 Å². The van der Waals surface area contributed by atoms with Gasteiger partial charge < -0.3 is 15.2 Å². The second kappa shape index (κ2) is 6.83. The van der Waals surface area contributed by atoms with E-state index >= 15 is 0 Å².